The average Bonchev–Trinajstić information content (AvgIpc) is 2.81. The Morgan fingerprint density at radius 1 is 1.42 bits per heavy atom. The number of fused-ring (bicyclic) bond motifs is 1. The number of nitrogens with zero attached hydrogens (tertiary/aromatic N) is 1. The lowest BCUT2D eigenvalue weighted by Crippen LogP contribution is -2.54. The maximum absolute atomic E-state index is 12.7. The van der Waals surface area contributed by atoms with Crippen LogP contribution >= 0.6 is 0 Å². The molecule has 0 aromatic carbocycles. The molecule has 0 bridgehead atoms. The van der Waals surface area contributed by atoms with Crippen LogP contribution in [0.25, 0.3) is 0 Å². The van der Waals surface area contributed by atoms with Gasteiger partial charge >= 0.3 is 0 Å². The first-order valence-electron chi connectivity index (χ1n) is 7.54. The molecule has 19 heavy (non-hydrogen) atoms. The van der Waals surface area contributed by atoms with E-state index in [0.717, 1.165) is 25.8 Å². The Kier molecular flexibility index (Phi) is 4.51. The summed E-state index contributed by atoms with van der Waals surface area (Å²) in [4.78, 5) is 14.8. The number of nitrogens with two attached hydrogens (primary N) is 1. The molecule has 110 valence electrons. The Bertz CT molecular complexity index is 325. The molecule has 4 nitrogen and oxygen atoms in total. The molecule has 2 N–H and O–H groups in total. The fraction of sp³-hybridized carbons (Fsp3) is 0.933. The number of carbonyl (C=O) groups excluding carboxylic acids is 1. The molecule has 3 unspecified atom stereocenters. The third kappa shape index (κ3) is 3.48. The first-order chi connectivity index (χ1) is 8.92. The van der Waals surface area contributed by atoms with Crippen molar-refractivity contribution in [3.05, 3.63) is 0 Å². The summed E-state index contributed by atoms with van der Waals surface area (Å²) in [6.07, 6.45) is 4.48. The van der Waals surface area contributed by atoms with Gasteiger partial charge in [-0.25, -0.2) is 0 Å². The Labute approximate surface area is 116 Å². The van der Waals surface area contributed by atoms with Gasteiger partial charge in [-0.05, 0) is 31.1 Å². The van der Waals surface area contributed by atoms with Crippen molar-refractivity contribution in [3.63, 3.8) is 0 Å². The highest BCUT2D eigenvalue weighted by Crippen LogP contribution is 2.32. The second-order valence-electron chi connectivity index (χ2n) is 7.14. The number of morpholine rings is 1. The van der Waals surface area contributed by atoms with Crippen molar-refractivity contribution in [2.75, 3.05) is 19.7 Å². The molecule has 0 radical (unpaired) electrons. The quantitative estimate of drug-likeness (QED) is 0.849. The van der Waals surface area contributed by atoms with Crippen molar-refractivity contribution in [1.29, 1.82) is 0 Å². The van der Waals surface area contributed by atoms with Gasteiger partial charge in [-0.1, -0.05) is 20.8 Å². The van der Waals surface area contributed by atoms with Crippen LogP contribution in [-0.4, -0.2) is 42.6 Å². The molecule has 0 spiro atoms. The van der Waals surface area contributed by atoms with Gasteiger partial charge in [-0.2, -0.15) is 0 Å². The molecule has 0 aromatic heterocycles. The molecule has 1 heterocycles. The van der Waals surface area contributed by atoms with Gasteiger partial charge in [-0.3, -0.25) is 4.79 Å². The van der Waals surface area contributed by atoms with E-state index in [2.05, 4.69) is 25.7 Å². The van der Waals surface area contributed by atoms with Crippen LogP contribution in [0.5, 0.6) is 0 Å². The van der Waals surface area contributed by atoms with Crippen molar-refractivity contribution in [1.82, 2.24) is 4.90 Å². The van der Waals surface area contributed by atoms with E-state index in [4.69, 9.17) is 10.5 Å². The van der Waals surface area contributed by atoms with E-state index in [1.165, 1.54) is 6.42 Å². The largest absolute Gasteiger partial charge is 0.374 e. The standard InChI is InChI=1S/C15H28N2O2/c1-15(2,3)9-11(10-16)14(18)17-7-8-19-13-6-4-5-12(13)17/h11-13H,4-10,16H2,1-3H3. The van der Waals surface area contributed by atoms with Crippen molar-refractivity contribution in [2.45, 2.75) is 58.6 Å². The lowest BCUT2D eigenvalue weighted by atomic mass is 9.83. The number of carbonyl (C=O) groups is 1. The van der Waals surface area contributed by atoms with E-state index < -0.39 is 0 Å². The summed E-state index contributed by atoms with van der Waals surface area (Å²) in [7, 11) is 0. The van der Waals surface area contributed by atoms with E-state index in [0.29, 0.717) is 19.2 Å². The van der Waals surface area contributed by atoms with Crippen LogP contribution in [0.3, 0.4) is 0 Å². The minimum atomic E-state index is -0.0423. The molecule has 0 aromatic rings. The molecule has 1 saturated carbocycles. The Hall–Kier alpha value is -0.610. The highest BCUT2D eigenvalue weighted by molar-refractivity contribution is 5.79. The second-order valence-corrected chi connectivity index (χ2v) is 7.14. The average molecular weight is 268 g/mol. The summed E-state index contributed by atoms with van der Waals surface area (Å²) in [5.74, 6) is 0.206. The predicted molar refractivity (Wildman–Crippen MR) is 75.7 cm³/mol. The molecule has 2 fully saturated rings. The number of ether oxygens (including phenoxy) is 1. The summed E-state index contributed by atoms with van der Waals surface area (Å²) in [5, 5.41) is 0. The molecule has 3 atom stereocenters. The van der Waals surface area contributed by atoms with Crippen molar-refractivity contribution in [2.24, 2.45) is 17.1 Å². The molecule has 1 aliphatic carbocycles. The van der Waals surface area contributed by atoms with Crippen molar-refractivity contribution >= 4 is 5.91 Å². The summed E-state index contributed by atoms with van der Waals surface area (Å²) < 4.78 is 5.77. The highest BCUT2D eigenvalue weighted by Gasteiger charge is 2.40. The lowest BCUT2D eigenvalue weighted by molar-refractivity contribution is -0.149. The maximum atomic E-state index is 12.7. The lowest BCUT2D eigenvalue weighted by Gasteiger charge is -2.40. The van der Waals surface area contributed by atoms with Crippen molar-refractivity contribution < 1.29 is 9.53 Å². The first kappa shape index (κ1) is 14.8. The maximum Gasteiger partial charge on any atom is 0.227 e. The van der Waals surface area contributed by atoms with E-state index in [1.54, 1.807) is 0 Å². The topological polar surface area (TPSA) is 55.6 Å². The zero-order valence-electron chi connectivity index (χ0n) is 12.5. The molecule has 1 aliphatic heterocycles. The smallest absolute Gasteiger partial charge is 0.227 e. The molecule has 4 heteroatoms. The fourth-order valence-corrected chi connectivity index (χ4v) is 3.44. The number of rotatable bonds is 3. The number of amides is 1. The first-order valence-corrected chi connectivity index (χ1v) is 7.54. The molecular formula is C15H28N2O2. The van der Waals surface area contributed by atoms with E-state index in [1.807, 2.05) is 0 Å². The van der Waals surface area contributed by atoms with Crippen LogP contribution in [0.15, 0.2) is 0 Å². The summed E-state index contributed by atoms with van der Waals surface area (Å²) in [6.45, 7) is 8.37. The minimum absolute atomic E-state index is 0.0423. The third-order valence-electron chi connectivity index (χ3n) is 4.26. The summed E-state index contributed by atoms with van der Waals surface area (Å²) in [6, 6.07) is 0.301. The van der Waals surface area contributed by atoms with Crippen LogP contribution in [0.4, 0.5) is 0 Å². The summed E-state index contributed by atoms with van der Waals surface area (Å²) >= 11 is 0. The highest BCUT2D eigenvalue weighted by atomic mass is 16.5. The monoisotopic (exact) mass is 268 g/mol. The Balaban J connectivity index is 2.04. The normalized spacial score (nSPS) is 29.2. The second kappa shape index (κ2) is 5.80. The molecule has 1 amide bonds. The van der Waals surface area contributed by atoms with E-state index in [-0.39, 0.29) is 23.3 Å². The Morgan fingerprint density at radius 3 is 2.79 bits per heavy atom. The zero-order chi connectivity index (χ0) is 14.0. The molecule has 1 saturated heterocycles. The molecular weight excluding hydrogens is 240 g/mol. The molecule has 2 rings (SSSR count). The summed E-state index contributed by atoms with van der Waals surface area (Å²) in [5.41, 5.74) is 5.99. The van der Waals surface area contributed by atoms with E-state index >= 15 is 0 Å². The third-order valence-corrected chi connectivity index (χ3v) is 4.26. The van der Waals surface area contributed by atoms with Crippen LogP contribution < -0.4 is 5.73 Å². The van der Waals surface area contributed by atoms with Gasteiger partial charge in [0.1, 0.15) is 0 Å². The van der Waals surface area contributed by atoms with Gasteiger partial charge in [-0.15, -0.1) is 0 Å². The number of hydrogen-bond acceptors (Lipinski definition) is 3. The Morgan fingerprint density at radius 2 is 2.16 bits per heavy atom. The van der Waals surface area contributed by atoms with Gasteiger partial charge in [0.15, 0.2) is 0 Å². The van der Waals surface area contributed by atoms with Gasteiger partial charge in [0.05, 0.1) is 24.7 Å². The minimum Gasteiger partial charge on any atom is -0.374 e. The number of hydrogen-bond donors (Lipinski definition) is 1. The van der Waals surface area contributed by atoms with Crippen LogP contribution in [0, 0.1) is 11.3 Å². The SMILES string of the molecule is CC(C)(C)CC(CN)C(=O)N1CCOC2CCCC21. The van der Waals surface area contributed by atoms with Crippen LogP contribution in [0.2, 0.25) is 0 Å². The molecule has 2 aliphatic rings. The zero-order valence-corrected chi connectivity index (χ0v) is 12.5. The van der Waals surface area contributed by atoms with E-state index in [9.17, 15) is 4.79 Å². The van der Waals surface area contributed by atoms with Crippen LogP contribution in [-0.2, 0) is 9.53 Å². The predicted octanol–water partition coefficient (Wildman–Crippen LogP) is 1.78. The van der Waals surface area contributed by atoms with Crippen molar-refractivity contribution in [3.8, 4) is 0 Å². The van der Waals surface area contributed by atoms with Crippen LogP contribution in [0.1, 0.15) is 46.5 Å². The van der Waals surface area contributed by atoms with Gasteiger partial charge in [0.25, 0.3) is 0 Å². The fourth-order valence-electron chi connectivity index (χ4n) is 3.44. The van der Waals surface area contributed by atoms with Gasteiger partial charge < -0.3 is 15.4 Å². The van der Waals surface area contributed by atoms with Gasteiger partial charge in [0.2, 0.25) is 5.91 Å². The van der Waals surface area contributed by atoms with Gasteiger partial charge in [0, 0.05) is 13.1 Å².